The first-order chi connectivity index (χ1) is 6.65. The predicted molar refractivity (Wildman–Crippen MR) is 48.4 cm³/mol. The number of carboxylic acid groups (broad SMARTS) is 1. The van der Waals surface area contributed by atoms with E-state index in [1.807, 2.05) is 6.07 Å². The number of nitrogens with two attached hydrogens (primary N) is 1. The van der Waals surface area contributed by atoms with Crippen LogP contribution in [0.25, 0.3) is 0 Å². The Morgan fingerprint density at radius 3 is 3.00 bits per heavy atom. The fourth-order valence-electron chi connectivity index (χ4n) is 0.994. The van der Waals surface area contributed by atoms with Crippen LogP contribution in [0.5, 0.6) is 0 Å². The van der Waals surface area contributed by atoms with Crippen LogP contribution in [0.3, 0.4) is 0 Å². The lowest BCUT2D eigenvalue weighted by Gasteiger charge is -2.07. The average molecular weight is 191 g/mol. The molecule has 0 radical (unpaired) electrons. The van der Waals surface area contributed by atoms with Crippen LogP contribution in [-0.2, 0) is 0 Å². The van der Waals surface area contributed by atoms with Crippen molar-refractivity contribution < 1.29 is 9.90 Å². The molecule has 1 rings (SSSR count). The standard InChI is InChI=1S/C9H9N3O2/c10-2-1-8(11)6-3-7(9(13)14)5-12-4-6/h3-5,8H,1,11H2,(H,13,14)/t8-/m0/s1. The van der Waals surface area contributed by atoms with E-state index in [1.54, 1.807) is 0 Å². The molecule has 0 amide bonds. The van der Waals surface area contributed by atoms with E-state index in [0.29, 0.717) is 5.56 Å². The van der Waals surface area contributed by atoms with Crippen LogP contribution in [0.4, 0.5) is 0 Å². The summed E-state index contributed by atoms with van der Waals surface area (Å²) in [7, 11) is 0. The van der Waals surface area contributed by atoms with Crippen LogP contribution in [0, 0.1) is 11.3 Å². The highest BCUT2D eigenvalue weighted by molar-refractivity contribution is 5.87. The number of aromatic nitrogens is 1. The van der Waals surface area contributed by atoms with Crippen LogP contribution in [0.1, 0.15) is 28.4 Å². The van der Waals surface area contributed by atoms with Gasteiger partial charge in [0.1, 0.15) is 0 Å². The van der Waals surface area contributed by atoms with Gasteiger partial charge in [-0.1, -0.05) is 0 Å². The Labute approximate surface area is 80.8 Å². The number of nitriles is 1. The van der Waals surface area contributed by atoms with Gasteiger partial charge >= 0.3 is 5.97 Å². The topological polar surface area (TPSA) is 100 Å². The van der Waals surface area contributed by atoms with Gasteiger partial charge in [0, 0.05) is 18.4 Å². The number of hydrogen-bond donors (Lipinski definition) is 2. The summed E-state index contributed by atoms with van der Waals surface area (Å²) in [5.41, 5.74) is 6.26. The largest absolute Gasteiger partial charge is 0.478 e. The molecule has 0 fully saturated rings. The molecule has 1 aromatic rings. The quantitative estimate of drug-likeness (QED) is 0.732. The lowest BCUT2D eigenvalue weighted by atomic mass is 10.1. The average Bonchev–Trinajstić information content (AvgIpc) is 2.18. The second-order valence-electron chi connectivity index (χ2n) is 2.78. The summed E-state index contributed by atoms with van der Waals surface area (Å²) in [6.45, 7) is 0. The van der Waals surface area contributed by atoms with Crippen LogP contribution < -0.4 is 5.73 Å². The van der Waals surface area contributed by atoms with Gasteiger partial charge in [-0.2, -0.15) is 5.26 Å². The van der Waals surface area contributed by atoms with Crippen molar-refractivity contribution in [2.45, 2.75) is 12.5 Å². The van der Waals surface area contributed by atoms with Crippen LogP contribution in [0.2, 0.25) is 0 Å². The van der Waals surface area contributed by atoms with Crippen molar-refractivity contribution in [2.75, 3.05) is 0 Å². The third-order valence-electron chi connectivity index (χ3n) is 1.75. The van der Waals surface area contributed by atoms with Gasteiger partial charge in [0.25, 0.3) is 0 Å². The third-order valence-corrected chi connectivity index (χ3v) is 1.75. The minimum atomic E-state index is -1.05. The maximum absolute atomic E-state index is 10.6. The molecule has 0 aliphatic carbocycles. The summed E-state index contributed by atoms with van der Waals surface area (Å²) >= 11 is 0. The minimum absolute atomic E-state index is 0.0795. The number of carbonyl (C=O) groups is 1. The number of hydrogen-bond acceptors (Lipinski definition) is 4. The highest BCUT2D eigenvalue weighted by Gasteiger charge is 2.09. The SMILES string of the molecule is N#CC[C@H](N)c1cncc(C(=O)O)c1. The third kappa shape index (κ3) is 2.28. The Kier molecular flexibility index (Phi) is 3.15. The molecule has 1 aromatic heterocycles. The number of rotatable bonds is 3. The summed E-state index contributed by atoms with van der Waals surface area (Å²) in [4.78, 5) is 14.3. The molecule has 0 saturated carbocycles. The van der Waals surface area contributed by atoms with Gasteiger partial charge in [0.2, 0.25) is 0 Å². The maximum atomic E-state index is 10.6. The van der Waals surface area contributed by atoms with Gasteiger partial charge in [0.05, 0.1) is 18.1 Å². The van der Waals surface area contributed by atoms with Crippen molar-refractivity contribution in [2.24, 2.45) is 5.73 Å². The number of aromatic carboxylic acids is 1. The molecule has 0 aliphatic rings. The van der Waals surface area contributed by atoms with E-state index in [2.05, 4.69) is 4.98 Å². The molecule has 5 heteroatoms. The minimum Gasteiger partial charge on any atom is -0.478 e. The molecule has 0 spiro atoms. The maximum Gasteiger partial charge on any atom is 0.337 e. The Bertz CT molecular complexity index is 384. The number of carboxylic acids is 1. The molecule has 72 valence electrons. The van der Waals surface area contributed by atoms with E-state index in [-0.39, 0.29) is 12.0 Å². The molecule has 0 aliphatic heterocycles. The highest BCUT2D eigenvalue weighted by atomic mass is 16.4. The van der Waals surface area contributed by atoms with Crippen molar-refractivity contribution in [3.8, 4) is 6.07 Å². The van der Waals surface area contributed by atoms with Gasteiger partial charge in [0.15, 0.2) is 0 Å². The summed E-state index contributed by atoms with van der Waals surface area (Å²) in [5, 5.41) is 17.1. The summed E-state index contributed by atoms with van der Waals surface area (Å²) in [5.74, 6) is -1.05. The molecule has 0 bridgehead atoms. The molecule has 1 heterocycles. The first-order valence-corrected chi connectivity index (χ1v) is 3.96. The van der Waals surface area contributed by atoms with Gasteiger partial charge < -0.3 is 10.8 Å². The Morgan fingerprint density at radius 1 is 1.71 bits per heavy atom. The smallest absolute Gasteiger partial charge is 0.337 e. The van der Waals surface area contributed by atoms with Gasteiger partial charge in [-0.05, 0) is 11.6 Å². The van der Waals surface area contributed by atoms with Crippen LogP contribution in [-0.4, -0.2) is 16.1 Å². The molecule has 5 nitrogen and oxygen atoms in total. The van der Waals surface area contributed by atoms with Crippen LogP contribution >= 0.6 is 0 Å². The number of pyridine rings is 1. The molecule has 0 unspecified atom stereocenters. The summed E-state index contributed by atoms with van der Waals surface area (Å²) in [6.07, 6.45) is 2.85. The zero-order valence-corrected chi connectivity index (χ0v) is 7.34. The molecular weight excluding hydrogens is 182 g/mol. The van der Waals surface area contributed by atoms with Crippen molar-refractivity contribution in [1.29, 1.82) is 5.26 Å². The summed E-state index contributed by atoms with van der Waals surface area (Å²) < 4.78 is 0. The van der Waals surface area contributed by atoms with Gasteiger partial charge in [-0.25, -0.2) is 4.79 Å². The van der Waals surface area contributed by atoms with Crippen molar-refractivity contribution in [3.05, 3.63) is 29.6 Å². The monoisotopic (exact) mass is 191 g/mol. The van der Waals surface area contributed by atoms with Gasteiger partial charge in [-0.15, -0.1) is 0 Å². The van der Waals surface area contributed by atoms with Crippen molar-refractivity contribution >= 4 is 5.97 Å². The molecule has 14 heavy (non-hydrogen) atoms. The van der Waals surface area contributed by atoms with E-state index in [0.717, 1.165) is 0 Å². The second kappa shape index (κ2) is 4.35. The molecule has 0 saturated heterocycles. The normalized spacial score (nSPS) is 11.7. The zero-order valence-electron chi connectivity index (χ0n) is 7.34. The lowest BCUT2D eigenvalue weighted by molar-refractivity contribution is 0.0696. The Morgan fingerprint density at radius 2 is 2.43 bits per heavy atom. The Hall–Kier alpha value is -1.93. The lowest BCUT2D eigenvalue weighted by Crippen LogP contribution is -2.11. The first-order valence-electron chi connectivity index (χ1n) is 3.96. The predicted octanol–water partition coefficient (Wildman–Crippen LogP) is 0.693. The van der Waals surface area contributed by atoms with Crippen molar-refractivity contribution in [3.63, 3.8) is 0 Å². The first kappa shape index (κ1) is 10.2. The fourth-order valence-corrected chi connectivity index (χ4v) is 0.994. The van der Waals surface area contributed by atoms with E-state index >= 15 is 0 Å². The van der Waals surface area contributed by atoms with E-state index in [9.17, 15) is 4.79 Å². The van der Waals surface area contributed by atoms with Gasteiger partial charge in [-0.3, -0.25) is 4.98 Å². The number of nitrogens with zero attached hydrogens (tertiary/aromatic N) is 2. The second-order valence-corrected chi connectivity index (χ2v) is 2.78. The molecule has 1 atom stereocenters. The highest BCUT2D eigenvalue weighted by Crippen LogP contribution is 2.13. The molecular formula is C9H9N3O2. The fraction of sp³-hybridized carbons (Fsp3) is 0.222. The summed E-state index contributed by atoms with van der Waals surface area (Å²) in [6, 6.07) is 2.86. The zero-order chi connectivity index (χ0) is 10.6. The van der Waals surface area contributed by atoms with Crippen LogP contribution in [0.15, 0.2) is 18.5 Å². The van der Waals surface area contributed by atoms with E-state index in [1.165, 1.54) is 18.5 Å². The molecule has 0 aromatic carbocycles. The molecule has 3 N–H and O–H groups in total. The Balaban J connectivity index is 2.94. The van der Waals surface area contributed by atoms with E-state index in [4.69, 9.17) is 16.1 Å². The van der Waals surface area contributed by atoms with Crippen molar-refractivity contribution in [1.82, 2.24) is 4.98 Å². The van der Waals surface area contributed by atoms with E-state index < -0.39 is 12.0 Å².